The first-order valence-corrected chi connectivity index (χ1v) is 12.5. The van der Waals surface area contributed by atoms with Gasteiger partial charge < -0.3 is 11.1 Å². The summed E-state index contributed by atoms with van der Waals surface area (Å²) in [5, 5.41) is 5.04. The molecule has 0 aliphatic heterocycles. The van der Waals surface area contributed by atoms with Crippen LogP contribution in [0, 0.1) is 0 Å². The molecule has 196 valence electrons. The number of rotatable bonds is 13. The number of aryl methyl sites for hydroxylation is 2. The zero-order valence-corrected chi connectivity index (χ0v) is 21.8. The third-order valence-corrected chi connectivity index (χ3v) is 5.98. The maximum absolute atomic E-state index is 12.2. The number of hydrogen-bond donors (Lipinski definition) is 3. The number of imide groups is 1. The smallest absolute Gasteiger partial charge is 0.237 e. The number of hydrogen-bond acceptors (Lipinski definition) is 4. The SMILES string of the molecule is Cl.N[C@@H](Cc1ccccc1)C(=O)NCCC(=O)NC(=O)Cc1ccc(CCCCc2ccccc2)cc1. The molecule has 0 heterocycles. The molecule has 4 N–H and O–H groups in total. The quantitative estimate of drug-likeness (QED) is 0.296. The van der Waals surface area contributed by atoms with Crippen molar-refractivity contribution in [2.45, 2.75) is 51.0 Å². The lowest BCUT2D eigenvalue weighted by Crippen LogP contribution is -2.43. The standard InChI is InChI=1S/C30H35N3O3.ClH/c31-27(21-25-13-5-2-6-14-25)30(36)32-20-19-28(34)33-29(35)22-26-17-15-24(16-18-26)12-8-7-11-23-9-3-1-4-10-23;/h1-6,9-10,13-18,27H,7-8,11-12,19-22,31H2,(H,32,36)(H,33,34,35);1H/t27-;/m0./s1. The summed E-state index contributed by atoms with van der Waals surface area (Å²) in [4.78, 5) is 36.4. The summed E-state index contributed by atoms with van der Waals surface area (Å²) in [5.41, 5.74) is 10.4. The van der Waals surface area contributed by atoms with E-state index in [1.54, 1.807) is 0 Å². The van der Waals surface area contributed by atoms with E-state index in [-0.39, 0.29) is 43.6 Å². The van der Waals surface area contributed by atoms with Crippen molar-refractivity contribution in [1.82, 2.24) is 10.6 Å². The molecule has 37 heavy (non-hydrogen) atoms. The normalized spacial score (nSPS) is 11.2. The fourth-order valence-electron chi connectivity index (χ4n) is 3.97. The summed E-state index contributed by atoms with van der Waals surface area (Å²) in [5.74, 6) is -1.10. The Bertz CT molecular complexity index is 1110. The van der Waals surface area contributed by atoms with Crippen molar-refractivity contribution in [1.29, 1.82) is 0 Å². The summed E-state index contributed by atoms with van der Waals surface area (Å²) in [7, 11) is 0. The Hall–Kier alpha value is -3.48. The van der Waals surface area contributed by atoms with Crippen LogP contribution in [0.1, 0.15) is 41.5 Å². The third kappa shape index (κ3) is 11.4. The summed E-state index contributed by atoms with van der Waals surface area (Å²) in [6.07, 6.45) is 4.89. The first-order chi connectivity index (χ1) is 17.5. The zero-order valence-electron chi connectivity index (χ0n) is 21.0. The fourth-order valence-corrected chi connectivity index (χ4v) is 3.97. The number of nitrogens with one attached hydrogen (secondary N) is 2. The minimum Gasteiger partial charge on any atom is -0.354 e. The fraction of sp³-hybridized carbons (Fsp3) is 0.300. The Balaban J connectivity index is 0.00000481. The third-order valence-electron chi connectivity index (χ3n) is 5.98. The maximum atomic E-state index is 12.2. The number of unbranched alkanes of at least 4 members (excludes halogenated alkanes) is 1. The van der Waals surface area contributed by atoms with Gasteiger partial charge in [-0.15, -0.1) is 12.4 Å². The van der Waals surface area contributed by atoms with E-state index in [1.165, 1.54) is 11.1 Å². The second-order valence-electron chi connectivity index (χ2n) is 8.99. The van der Waals surface area contributed by atoms with Crippen molar-refractivity contribution in [2.75, 3.05) is 6.54 Å². The molecule has 3 aromatic carbocycles. The Labute approximate surface area is 225 Å². The van der Waals surface area contributed by atoms with Gasteiger partial charge in [0.1, 0.15) is 0 Å². The molecule has 0 radical (unpaired) electrons. The minimum absolute atomic E-state index is 0. The highest BCUT2D eigenvalue weighted by atomic mass is 35.5. The first kappa shape index (κ1) is 29.7. The number of carbonyl (C=O) groups excluding carboxylic acids is 3. The lowest BCUT2D eigenvalue weighted by molar-refractivity contribution is -0.130. The van der Waals surface area contributed by atoms with Crippen LogP contribution < -0.4 is 16.4 Å². The largest absolute Gasteiger partial charge is 0.354 e. The highest BCUT2D eigenvalue weighted by Gasteiger charge is 2.15. The van der Waals surface area contributed by atoms with E-state index in [1.807, 2.05) is 60.7 Å². The Morgan fingerprint density at radius 1 is 0.676 bits per heavy atom. The average molecular weight is 522 g/mol. The molecule has 0 bridgehead atoms. The van der Waals surface area contributed by atoms with Crippen LogP contribution in [0.15, 0.2) is 84.9 Å². The summed E-state index contributed by atoms with van der Waals surface area (Å²) >= 11 is 0. The van der Waals surface area contributed by atoms with Crippen LogP contribution in [0.3, 0.4) is 0 Å². The minimum atomic E-state index is -0.691. The van der Waals surface area contributed by atoms with Gasteiger partial charge in [0.05, 0.1) is 12.5 Å². The number of halogens is 1. The maximum Gasteiger partial charge on any atom is 0.237 e. The molecule has 0 aliphatic carbocycles. The molecule has 0 unspecified atom stereocenters. The Morgan fingerprint density at radius 3 is 1.78 bits per heavy atom. The van der Waals surface area contributed by atoms with Crippen molar-refractivity contribution < 1.29 is 14.4 Å². The highest BCUT2D eigenvalue weighted by molar-refractivity contribution is 5.96. The van der Waals surface area contributed by atoms with Crippen LogP contribution >= 0.6 is 12.4 Å². The van der Waals surface area contributed by atoms with Gasteiger partial charge in [-0.1, -0.05) is 84.9 Å². The molecular weight excluding hydrogens is 486 g/mol. The molecule has 1 atom stereocenters. The predicted molar refractivity (Wildman–Crippen MR) is 149 cm³/mol. The Morgan fingerprint density at radius 2 is 1.19 bits per heavy atom. The Kier molecular flexibility index (Phi) is 13.1. The van der Waals surface area contributed by atoms with Crippen LogP contribution in [0.4, 0.5) is 0 Å². The monoisotopic (exact) mass is 521 g/mol. The van der Waals surface area contributed by atoms with E-state index in [9.17, 15) is 14.4 Å². The van der Waals surface area contributed by atoms with Crippen molar-refractivity contribution in [3.05, 3.63) is 107 Å². The molecule has 0 aromatic heterocycles. The lowest BCUT2D eigenvalue weighted by atomic mass is 10.0. The van der Waals surface area contributed by atoms with Gasteiger partial charge in [0.25, 0.3) is 0 Å². The molecule has 7 heteroatoms. The van der Waals surface area contributed by atoms with Crippen LogP contribution in [-0.4, -0.2) is 30.3 Å². The van der Waals surface area contributed by atoms with Crippen LogP contribution in [-0.2, 0) is 40.1 Å². The van der Waals surface area contributed by atoms with Crippen molar-refractivity contribution in [3.63, 3.8) is 0 Å². The lowest BCUT2D eigenvalue weighted by Gasteiger charge is -2.12. The topological polar surface area (TPSA) is 101 Å². The van der Waals surface area contributed by atoms with Crippen LogP contribution in [0.5, 0.6) is 0 Å². The van der Waals surface area contributed by atoms with Gasteiger partial charge in [-0.05, 0) is 54.4 Å². The van der Waals surface area contributed by atoms with E-state index in [0.29, 0.717) is 6.42 Å². The number of carbonyl (C=O) groups is 3. The van der Waals surface area contributed by atoms with E-state index in [0.717, 1.165) is 36.8 Å². The van der Waals surface area contributed by atoms with Gasteiger partial charge >= 0.3 is 0 Å². The highest BCUT2D eigenvalue weighted by Crippen LogP contribution is 2.11. The zero-order chi connectivity index (χ0) is 25.6. The van der Waals surface area contributed by atoms with Crippen LogP contribution in [0.25, 0.3) is 0 Å². The van der Waals surface area contributed by atoms with Crippen molar-refractivity contribution in [2.24, 2.45) is 5.73 Å². The van der Waals surface area contributed by atoms with E-state index < -0.39 is 11.9 Å². The number of benzene rings is 3. The molecule has 3 amide bonds. The van der Waals surface area contributed by atoms with Gasteiger partial charge in [-0.3, -0.25) is 19.7 Å². The van der Waals surface area contributed by atoms with E-state index in [2.05, 4.69) is 34.9 Å². The number of amides is 3. The molecule has 3 aromatic rings. The van der Waals surface area contributed by atoms with Crippen molar-refractivity contribution >= 4 is 30.1 Å². The van der Waals surface area contributed by atoms with Crippen LogP contribution in [0.2, 0.25) is 0 Å². The average Bonchev–Trinajstić information content (AvgIpc) is 2.88. The van der Waals surface area contributed by atoms with Gasteiger partial charge in [0.15, 0.2) is 0 Å². The van der Waals surface area contributed by atoms with Gasteiger partial charge in [-0.25, -0.2) is 0 Å². The molecule has 0 spiro atoms. The van der Waals surface area contributed by atoms with E-state index in [4.69, 9.17) is 5.73 Å². The summed E-state index contributed by atoms with van der Waals surface area (Å²) < 4.78 is 0. The summed E-state index contributed by atoms with van der Waals surface area (Å²) in [6.45, 7) is 0.124. The van der Waals surface area contributed by atoms with Crippen molar-refractivity contribution in [3.8, 4) is 0 Å². The molecule has 0 fully saturated rings. The molecule has 6 nitrogen and oxygen atoms in total. The second-order valence-corrected chi connectivity index (χ2v) is 8.99. The van der Waals surface area contributed by atoms with E-state index >= 15 is 0 Å². The molecular formula is C30H36ClN3O3. The molecule has 0 saturated heterocycles. The molecule has 0 aliphatic rings. The van der Waals surface area contributed by atoms with Gasteiger partial charge in [-0.2, -0.15) is 0 Å². The first-order valence-electron chi connectivity index (χ1n) is 12.5. The predicted octanol–water partition coefficient (Wildman–Crippen LogP) is 3.94. The van der Waals surface area contributed by atoms with Gasteiger partial charge in [0, 0.05) is 13.0 Å². The summed E-state index contributed by atoms with van der Waals surface area (Å²) in [6, 6.07) is 27.3. The second kappa shape index (κ2) is 16.3. The molecule has 0 saturated carbocycles. The van der Waals surface area contributed by atoms with Gasteiger partial charge in [0.2, 0.25) is 17.7 Å². The number of nitrogens with two attached hydrogens (primary N) is 1. The molecule has 3 rings (SSSR count).